The number of pyridine rings is 1. The summed E-state index contributed by atoms with van der Waals surface area (Å²) in [5.74, 6) is -3.05. The molecule has 7 amide bonds. The van der Waals surface area contributed by atoms with Gasteiger partial charge in [0.25, 0.3) is 0 Å². The van der Waals surface area contributed by atoms with Gasteiger partial charge in [-0.25, -0.2) is 19.6 Å². The number of amides is 7. The number of aliphatic carboxylic acids is 1. The Kier molecular flexibility index (Phi) is 21.5. The number of rotatable bonds is 32. The number of quaternary nitrogens is 1. The van der Waals surface area contributed by atoms with Gasteiger partial charge in [0.15, 0.2) is 22.5 Å². The van der Waals surface area contributed by atoms with Crippen LogP contribution in [-0.4, -0.2) is 162 Å². The predicted molar refractivity (Wildman–Crippen MR) is 379 cm³/mol. The number of carbonyl (C=O) groups is 8. The minimum absolute atomic E-state index is 0.00688. The topological polar surface area (TPSA) is 348 Å². The van der Waals surface area contributed by atoms with Gasteiger partial charge in [-0.05, 0) is 155 Å². The van der Waals surface area contributed by atoms with E-state index in [1.807, 2.05) is 67.3 Å². The van der Waals surface area contributed by atoms with E-state index in [0.717, 1.165) is 119 Å². The van der Waals surface area contributed by atoms with Crippen LogP contribution in [-0.2, 0) is 53.0 Å². The second-order valence-electron chi connectivity index (χ2n) is 30.5. The van der Waals surface area contributed by atoms with Gasteiger partial charge in [-0.15, -0.1) is 10.2 Å². The molecule has 4 bridgehead atoms. The van der Waals surface area contributed by atoms with E-state index in [4.69, 9.17) is 30.6 Å². The number of aromatic carboxylic acids is 1. The number of urea groups is 1. The van der Waals surface area contributed by atoms with Crippen molar-refractivity contribution in [2.45, 2.75) is 170 Å². The number of ether oxygens (including phenoxy) is 1. The first-order valence-electron chi connectivity index (χ1n) is 35.1. The molecule has 2 aliphatic heterocycles. The lowest BCUT2D eigenvalue weighted by atomic mass is 9.35. The molecule has 4 aromatic heterocycles. The summed E-state index contributed by atoms with van der Waals surface area (Å²) < 4.78 is 9.21. The van der Waals surface area contributed by atoms with E-state index in [1.165, 1.54) is 0 Å². The Bertz CT molecular complexity index is 4050. The number of nitrogens with zero attached hydrogens (tertiary/aromatic N) is 9. The summed E-state index contributed by atoms with van der Waals surface area (Å²) in [5, 5.41) is 50.3. The molecule has 1 saturated heterocycles. The second-order valence-corrected chi connectivity index (χ2v) is 31.5. The summed E-state index contributed by atoms with van der Waals surface area (Å²) >= 11 is 1.55. The molecular formula is C73H96N15O11S+. The van der Waals surface area contributed by atoms with Gasteiger partial charge in [-0.3, -0.25) is 38.3 Å². The van der Waals surface area contributed by atoms with Crippen molar-refractivity contribution < 1.29 is 57.8 Å². The Balaban J connectivity index is 0.721. The number of hydrogen-bond donors (Lipinski definition) is 8. The van der Waals surface area contributed by atoms with E-state index in [1.54, 1.807) is 50.4 Å². The molecule has 4 unspecified atom stereocenters. The first kappa shape index (κ1) is 72.3. The number of anilines is 5. The summed E-state index contributed by atoms with van der Waals surface area (Å²) in [6, 6.07) is 16.3. The standard InChI is InChI=1S/C73H95N15O11S/c1-44(2)60(81-57(89)25-32-99-33-29-86-58(90)34-45(3)66(86)95)65(94)78-54(16-11-27-75-68(74)98)64(93)77-49-20-18-48(19-21-49)36-88(8,31-24-59(91)92)30-13-26-72-38-70(6)37-71(7,39-72)41-73(40-70,42-72)43-87-47(5)52(35-76-87)51-22-23-56(80-61(51)67(96)97)85-28-12-14-50-46(4)62(83-84-63(50)85)82-69-79-53-15-9-10-17-55(53)100-69/h9-10,15,17-23,35,44-45,54,60H,11-14,16,24-34,36-43H2,1-8H3,(H8-,74,75,77,78,79,81,82,83,89,91,92,93,94,96,97,98)/p+1/t45?,54-,60-,70-,71+,72?,73?,88?/m0/s1. The van der Waals surface area contributed by atoms with E-state index in [9.17, 15) is 48.6 Å². The first-order chi connectivity index (χ1) is 47.5. The number of carbonyl (C=O) groups excluding carboxylic acids is 6. The summed E-state index contributed by atoms with van der Waals surface area (Å²) in [4.78, 5) is 115. The van der Waals surface area contributed by atoms with Crippen LogP contribution < -0.4 is 37.2 Å². The molecule has 12 rings (SSSR count). The lowest BCUT2D eigenvalue weighted by molar-refractivity contribution is -0.922. The Morgan fingerprint density at radius 2 is 1.58 bits per heavy atom. The zero-order valence-corrected chi connectivity index (χ0v) is 59.5. The Morgan fingerprint density at radius 3 is 2.27 bits per heavy atom. The molecule has 6 aromatic rings. The summed E-state index contributed by atoms with van der Waals surface area (Å²) in [5.41, 5.74) is 11.9. The highest BCUT2D eigenvalue weighted by molar-refractivity contribution is 7.22. The molecule has 6 aliphatic rings. The highest BCUT2D eigenvalue weighted by atomic mass is 32.1. The third-order valence-corrected chi connectivity index (χ3v) is 22.2. The highest BCUT2D eigenvalue weighted by Gasteiger charge is 2.65. The molecule has 5 fully saturated rings. The Morgan fingerprint density at radius 1 is 0.840 bits per heavy atom. The van der Waals surface area contributed by atoms with Crippen LogP contribution in [0.15, 0.2) is 66.9 Å². The molecule has 534 valence electrons. The molecule has 2 aromatic carbocycles. The number of carboxylic acids is 2. The number of carboxylic acid groups (broad SMARTS) is 2. The van der Waals surface area contributed by atoms with Crippen LogP contribution in [0.3, 0.4) is 0 Å². The molecule has 27 heteroatoms. The second kappa shape index (κ2) is 29.7. The number of para-hydroxylation sites is 1. The Hall–Kier alpha value is -8.95. The number of thiazole rings is 1. The number of imide groups is 1. The molecule has 100 heavy (non-hydrogen) atoms. The quantitative estimate of drug-likeness (QED) is 0.0111. The van der Waals surface area contributed by atoms with Gasteiger partial charge < -0.3 is 56.7 Å². The summed E-state index contributed by atoms with van der Waals surface area (Å²) in [7, 11) is 2.12. The average molecular weight is 1390 g/mol. The Labute approximate surface area is 586 Å². The molecular weight excluding hydrogens is 1290 g/mol. The van der Waals surface area contributed by atoms with Crippen LogP contribution in [0.5, 0.6) is 0 Å². The molecule has 8 atom stereocenters. The normalized spacial score (nSPS) is 22.7. The molecule has 6 heterocycles. The number of nitrogens with two attached hydrogens (primary N) is 1. The van der Waals surface area contributed by atoms with Gasteiger partial charge in [0.2, 0.25) is 29.5 Å². The van der Waals surface area contributed by atoms with Crippen LogP contribution in [0.1, 0.15) is 157 Å². The van der Waals surface area contributed by atoms with E-state index in [-0.39, 0.29) is 103 Å². The van der Waals surface area contributed by atoms with Crippen LogP contribution >= 0.6 is 11.3 Å². The minimum atomic E-state index is -1.13. The number of primary amides is 1. The molecule has 9 N–H and O–H groups in total. The predicted octanol–water partition coefficient (Wildman–Crippen LogP) is 9.57. The van der Waals surface area contributed by atoms with Crippen molar-refractivity contribution in [3.05, 3.63) is 94.9 Å². The van der Waals surface area contributed by atoms with Crippen molar-refractivity contribution in [2.24, 2.45) is 39.2 Å². The monoisotopic (exact) mass is 1390 g/mol. The SMILES string of the molecule is Cc1c(Nc2nc3ccccc3s2)nnc2c1CCCN2c1ccc(-c2cnn(CC34CC5(CCC[N+](C)(CCC(=O)O)Cc6ccc(NC(=O)[C@H](CCCNC(N)=O)NC(=O)[C@@H](NC(=O)CCOCCN7C(=O)CC(C)C7=O)C(C)C)cc6)C[C@@](C)(C3)C[C@](C)(C5)C4)c2C)c(C(=O)O)n1. The lowest BCUT2D eigenvalue weighted by Gasteiger charge is -2.70. The maximum absolute atomic E-state index is 14.1. The third-order valence-electron chi connectivity index (χ3n) is 21.3. The van der Waals surface area contributed by atoms with E-state index >= 15 is 0 Å². The van der Waals surface area contributed by atoms with Crippen LogP contribution in [0, 0.1) is 47.3 Å². The number of aromatic nitrogens is 6. The van der Waals surface area contributed by atoms with E-state index in [2.05, 4.69) is 57.3 Å². The maximum Gasteiger partial charge on any atom is 0.355 e. The smallest absolute Gasteiger partial charge is 0.355 e. The molecule has 4 saturated carbocycles. The molecule has 4 aliphatic carbocycles. The number of fused-ring (bicyclic) bond motifs is 2. The van der Waals surface area contributed by atoms with Crippen LogP contribution in [0.4, 0.5) is 33.1 Å². The van der Waals surface area contributed by atoms with Gasteiger partial charge in [-0.1, -0.05) is 70.2 Å². The van der Waals surface area contributed by atoms with E-state index < -0.39 is 47.8 Å². The summed E-state index contributed by atoms with van der Waals surface area (Å²) in [6.45, 7) is 17.5. The van der Waals surface area contributed by atoms with E-state index in [0.29, 0.717) is 65.8 Å². The van der Waals surface area contributed by atoms with Crippen LogP contribution in [0.2, 0.25) is 0 Å². The first-order valence-corrected chi connectivity index (χ1v) is 35.9. The highest BCUT2D eigenvalue weighted by Crippen LogP contribution is 2.75. The zero-order chi connectivity index (χ0) is 71.5. The summed E-state index contributed by atoms with van der Waals surface area (Å²) in [6.07, 6.45) is 12.3. The number of likely N-dealkylation sites (tertiary alicyclic amines) is 1. The van der Waals surface area contributed by atoms with Crippen LogP contribution in [0.25, 0.3) is 21.3 Å². The fraction of sp³-hybridized carbons (Fsp3) is 0.548. The molecule has 26 nitrogen and oxygen atoms in total. The zero-order valence-electron chi connectivity index (χ0n) is 58.7. The van der Waals surface area contributed by atoms with Gasteiger partial charge >= 0.3 is 18.0 Å². The maximum atomic E-state index is 14.1. The number of benzene rings is 2. The molecule has 0 spiro atoms. The van der Waals surface area contributed by atoms with Gasteiger partial charge in [-0.2, -0.15) is 5.10 Å². The third kappa shape index (κ3) is 16.6. The minimum Gasteiger partial charge on any atom is -0.481 e. The lowest BCUT2D eigenvalue weighted by Crippen LogP contribution is -2.60. The van der Waals surface area contributed by atoms with Crippen molar-refractivity contribution >= 4 is 97.3 Å². The fourth-order valence-electron chi connectivity index (χ4n) is 17.9. The number of hydrogen-bond acceptors (Lipinski definition) is 17. The average Bonchev–Trinajstić information content (AvgIpc) is 0.735. The van der Waals surface area contributed by atoms with Crippen molar-refractivity contribution in [1.82, 2.24) is 50.8 Å². The van der Waals surface area contributed by atoms with Gasteiger partial charge in [0.1, 0.15) is 24.4 Å². The van der Waals surface area contributed by atoms with Gasteiger partial charge in [0.05, 0.1) is 62.7 Å². The molecule has 0 radical (unpaired) electrons. The van der Waals surface area contributed by atoms with Crippen molar-refractivity contribution in [2.75, 3.05) is 68.5 Å². The number of nitrogens with one attached hydrogen (secondary N) is 5. The largest absolute Gasteiger partial charge is 0.481 e. The van der Waals surface area contributed by atoms with Crippen molar-refractivity contribution in [3.8, 4) is 11.1 Å². The van der Waals surface area contributed by atoms with Crippen molar-refractivity contribution in [3.63, 3.8) is 0 Å². The van der Waals surface area contributed by atoms with Crippen molar-refractivity contribution in [1.29, 1.82) is 0 Å². The van der Waals surface area contributed by atoms with Gasteiger partial charge in [0, 0.05) is 77.6 Å². The fourth-order valence-corrected chi connectivity index (χ4v) is 18.8.